The number of hydrogen-bond acceptors (Lipinski definition) is 4. The SMILES string of the molecule is CN(C)CCCNC(=O)c1ccc2c(c1)Cc1cccc(c1)CN(CC1CC1)CCCCCO2. The topological polar surface area (TPSA) is 44.8 Å². The van der Waals surface area contributed by atoms with Gasteiger partial charge in [0.15, 0.2) is 0 Å². The molecule has 2 aromatic carbocycles. The molecule has 2 aliphatic rings. The summed E-state index contributed by atoms with van der Waals surface area (Å²) in [6, 6.07) is 14.9. The predicted molar refractivity (Wildman–Crippen MR) is 139 cm³/mol. The van der Waals surface area contributed by atoms with E-state index >= 15 is 0 Å². The van der Waals surface area contributed by atoms with Crippen LogP contribution in [0.15, 0.2) is 42.5 Å². The molecule has 2 bridgehead atoms. The van der Waals surface area contributed by atoms with Crippen molar-refractivity contribution in [2.75, 3.05) is 46.9 Å². The highest BCUT2D eigenvalue weighted by Crippen LogP contribution is 2.31. The molecule has 1 heterocycles. The molecule has 0 spiro atoms. The van der Waals surface area contributed by atoms with Crippen LogP contribution in [-0.4, -0.2) is 62.6 Å². The average Bonchev–Trinajstić information content (AvgIpc) is 3.63. The summed E-state index contributed by atoms with van der Waals surface area (Å²) in [6.45, 7) is 5.81. The Morgan fingerprint density at radius 1 is 1.09 bits per heavy atom. The maximum absolute atomic E-state index is 12.8. The Balaban J connectivity index is 1.49. The van der Waals surface area contributed by atoms with E-state index in [4.69, 9.17) is 4.74 Å². The van der Waals surface area contributed by atoms with Gasteiger partial charge < -0.3 is 15.0 Å². The highest BCUT2D eigenvalue weighted by Gasteiger charge is 2.24. The highest BCUT2D eigenvalue weighted by molar-refractivity contribution is 5.94. The lowest BCUT2D eigenvalue weighted by Crippen LogP contribution is -2.27. The molecule has 1 fully saturated rings. The molecule has 1 aliphatic carbocycles. The van der Waals surface area contributed by atoms with Crippen molar-refractivity contribution < 1.29 is 9.53 Å². The molecule has 0 saturated heterocycles. The molecular formula is C29H41N3O2. The fourth-order valence-corrected chi connectivity index (χ4v) is 4.71. The van der Waals surface area contributed by atoms with E-state index in [2.05, 4.69) is 53.5 Å². The summed E-state index contributed by atoms with van der Waals surface area (Å²) in [5, 5.41) is 3.06. The zero-order chi connectivity index (χ0) is 23.8. The number of nitrogens with zero attached hydrogens (tertiary/aromatic N) is 2. The molecule has 5 nitrogen and oxygen atoms in total. The maximum atomic E-state index is 12.8. The summed E-state index contributed by atoms with van der Waals surface area (Å²) in [5.74, 6) is 1.80. The number of rotatable bonds is 7. The van der Waals surface area contributed by atoms with E-state index in [9.17, 15) is 4.79 Å². The molecule has 0 radical (unpaired) electrons. The molecule has 0 unspecified atom stereocenters. The van der Waals surface area contributed by atoms with E-state index in [1.54, 1.807) is 0 Å². The highest BCUT2D eigenvalue weighted by atomic mass is 16.5. The van der Waals surface area contributed by atoms with Gasteiger partial charge in [-0.05, 0) is 107 Å². The predicted octanol–water partition coefficient (Wildman–Crippen LogP) is 4.73. The Hall–Kier alpha value is -2.37. The Morgan fingerprint density at radius 2 is 1.94 bits per heavy atom. The van der Waals surface area contributed by atoms with Gasteiger partial charge >= 0.3 is 0 Å². The molecule has 5 heteroatoms. The number of carbonyl (C=O) groups is 1. The summed E-state index contributed by atoms with van der Waals surface area (Å²) >= 11 is 0. The van der Waals surface area contributed by atoms with Gasteiger partial charge in [0.1, 0.15) is 5.75 Å². The Morgan fingerprint density at radius 3 is 2.76 bits per heavy atom. The molecule has 184 valence electrons. The summed E-state index contributed by atoms with van der Waals surface area (Å²) < 4.78 is 6.21. The van der Waals surface area contributed by atoms with Crippen molar-refractivity contribution in [2.24, 2.45) is 5.92 Å². The van der Waals surface area contributed by atoms with Crippen LogP contribution in [0.1, 0.15) is 65.6 Å². The van der Waals surface area contributed by atoms with Crippen LogP contribution in [0.25, 0.3) is 0 Å². The molecule has 1 amide bonds. The smallest absolute Gasteiger partial charge is 0.251 e. The normalized spacial score (nSPS) is 17.5. The van der Waals surface area contributed by atoms with Crippen molar-refractivity contribution in [3.63, 3.8) is 0 Å². The summed E-state index contributed by atoms with van der Waals surface area (Å²) in [7, 11) is 4.10. The molecule has 0 aromatic heterocycles. The first kappa shape index (κ1) is 24.7. The van der Waals surface area contributed by atoms with Gasteiger partial charge in [-0.25, -0.2) is 0 Å². The average molecular weight is 464 g/mol. The van der Waals surface area contributed by atoms with Gasteiger partial charge in [-0.2, -0.15) is 0 Å². The number of benzene rings is 2. The van der Waals surface area contributed by atoms with Gasteiger partial charge in [0.2, 0.25) is 0 Å². The lowest BCUT2D eigenvalue weighted by Gasteiger charge is -2.23. The van der Waals surface area contributed by atoms with Crippen molar-refractivity contribution in [1.29, 1.82) is 0 Å². The number of ether oxygens (including phenoxy) is 1. The second kappa shape index (κ2) is 12.4. The molecule has 2 aromatic rings. The third-order valence-electron chi connectivity index (χ3n) is 6.77. The maximum Gasteiger partial charge on any atom is 0.251 e. The van der Waals surface area contributed by atoms with Gasteiger partial charge in [0, 0.05) is 31.6 Å². The standard InChI is InChI=1S/C29H41N3O2/c1-31(2)15-7-14-30-29(33)26-12-13-28-27(20-26)19-24-8-6-9-25(18-24)22-32(21-23-10-11-23)16-4-3-5-17-34-28/h6,8-9,12-13,18,20,23H,3-5,7,10-11,14-17,19,21-22H2,1-2H3,(H,30,33). The fraction of sp³-hybridized carbons (Fsp3) is 0.552. The Labute approximate surface area is 205 Å². The molecule has 0 atom stereocenters. The van der Waals surface area contributed by atoms with E-state index in [0.717, 1.165) is 56.2 Å². The largest absolute Gasteiger partial charge is 0.493 e. The summed E-state index contributed by atoms with van der Waals surface area (Å²) in [4.78, 5) is 17.6. The number of amides is 1. The second-order valence-corrected chi connectivity index (χ2v) is 10.3. The van der Waals surface area contributed by atoms with Crippen LogP contribution in [0.3, 0.4) is 0 Å². The minimum Gasteiger partial charge on any atom is -0.493 e. The summed E-state index contributed by atoms with van der Waals surface area (Å²) in [6.07, 6.45) is 7.97. The van der Waals surface area contributed by atoms with Crippen molar-refractivity contribution in [3.8, 4) is 5.75 Å². The van der Waals surface area contributed by atoms with E-state index < -0.39 is 0 Å². The zero-order valence-corrected chi connectivity index (χ0v) is 21.0. The van der Waals surface area contributed by atoms with Crippen LogP contribution in [-0.2, 0) is 13.0 Å². The minimum absolute atomic E-state index is 0.00886. The van der Waals surface area contributed by atoms with Crippen LogP contribution in [0.5, 0.6) is 5.75 Å². The Bertz CT molecular complexity index is 939. The van der Waals surface area contributed by atoms with E-state index in [1.807, 2.05) is 18.2 Å². The van der Waals surface area contributed by atoms with Crippen molar-refractivity contribution in [2.45, 2.75) is 51.5 Å². The van der Waals surface area contributed by atoms with Crippen LogP contribution in [0.2, 0.25) is 0 Å². The van der Waals surface area contributed by atoms with Gasteiger partial charge in [0.05, 0.1) is 6.61 Å². The monoisotopic (exact) mass is 463 g/mol. The third-order valence-corrected chi connectivity index (χ3v) is 6.77. The van der Waals surface area contributed by atoms with Crippen LogP contribution in [0, 0.1) is 5.92 Å². The number of hydrogen-bond donors (Lipinski definition) is 1. The summed E-state index contributed by atoms with van der Waals surface area (Å²) in [5.41, 5.74) is 4.45. The lowest BCUT2D eigenvalue weighted by molar-refractivity contribution is 0.0952. The quantitative estimate of drug-likeness (QED) is 0.603. The minimum atomic E-state index is -0.00886. The molecule has 1 saturated carbocycles. The van der Waals surface area contributed by atoms with Gasteiger partial charge in [-0.1, -0.05) is 24.3 Å². The van der Waals surface area contributed by atoms with E-state index in [-0.39, 0.29) is 5.91 Å². The molecular weight excluding hydrogens is 422 g/mol. The molecule has 1 N–H and O–H groups in total. The van der Waals surface area contributed by atoms with Crippen molar-refractivity contribution in [1.82, 2.24) is 15.1 Å². The van der Waals surface area contributed by atoms with Gasteiger partial charge in [-0.3, -0.25) is 9.69 Å². The first-order chi connectivity index (χ1) is 16.6. The molecule has 34 heavy (non-hydrogen) atoms. The Kier molecular flexibility index (Phi) is 9.00. The molecule has 1 aliphatic heterocycles. The van der Waals surface area contributed by atoms with E-state index in [0.29, 0.717) is 12.1 Å². The number of carbonyl (C=O) groups excluding carboxylic acids is 1. The van der Waals surface area contributed by atoms with Crippen LogP contribution < -0.4 is 10.1 Å². The fourth-order valence-electron chi connectivity index (χ4n) is 4.71. The van der Waals surface area contributed by atoms with Crippen LogP contribution >= 0.6 is 0 Å². The second-order valence-electron chi connectivity index (χ2n) is 10.3. The third kappa shape index (κ3) is 7.85. The van der Waals surface area contributed by atoms with Gasteiger partial charge in [-0.15, -0.1) is 0 Å². The van der Waals surface area contributed by atoms with Crippen LogP contribution in [0.4, 0.5) is 0 Å². The molecule has 4 rings (SSSR count). The first-order valence-corrected chi connectivity index (χ1v) is 13.1. The first-order valence-electron chi connectivity index (χ1n) is 13.1. The van der Waals surface area contributed by atoms with Crippen molar-refractivity contribution in [3.05, 3.63) is 64.7 Å². The lowest BCUT2D eigenvalue weighted by atomic mass is 9.99. The zero-order valence-electron chi connectivity index (χ0n) is 21.0. The number of fused-ring (bicyclic) bond motifs is 3. The van der Waals surface area contributed by atoms with Crippen molar-refractivity contribution >= 4 is 5.91 Å². The van der Waals surface area contributed by atoms with Gasteiger partial charge in [0.25, 0.3) is 5.91 Å². The van der Waals surface area contributed by atoms with E-state index in [1.165, 1.54) is 49.9 Å². The number of nitrogens with one attached hydrogen (secondary N) is 1.